The zero-order chi connectivity index (χ0) is 16.6. The van der Waals surface area contributed by atoms with Crippen molar-refractivity contribution in [2.24, 2.45) is 11.8 Å². The molecule has 2 atom stereocenters. The van der Waals surface area contributed by atoms with Crippen LogP contribution in [0, 0.1) is 17.7 Å². The van der Waals surface area contributed by atoms with Gasteiger partial charge in [0, 0.05) is 13.1 Å². The van der Waals surface area contributed by atoms with Gasteiger partial charge in [-0.05, 0) is 56.0 Å². The first-order chi connectivity index (χ1) is 10.9. The number of likely N-dealkylation sites (tertiary alicyclic amines) is 1. The van der Waals surface area contributed by atoms with Gasteiger partial charge in [-0.3, -0.25) is 4.79 Å². The molecule has 2 fully saturated rings. The quantitative estimate of drug-likeness (QED) is 0.773. The lowest BCUT2D eigenvalue weighted by atomic mass is 9.92. The molecule has 0 saturated carbocycles. The highest BCUT2D eigenvalue weighted by Crippen LogP contribution is 2.32. The molecule has 1 N–H and O–H groups in total. The van der Waals surface area contributed by atoms with Crippen LogP contribution in [0.4, 0.5) is 17.6 Å². The second-order valence-corrected chi connectivity index (χ2v) is 6.24. The summed E-state index contributed by atoms with van der Waals surface area (Å²) < 4.78 is 52.2. The van der Waals surface area contributed by atoms with Crippen LogP contribution in [0.25, 0.3) is 0 Å². The average molecular weight is 367 g/mol. The van der Waals surface area contributed by atoms with Crippen LogP contribution in [0.3, 0.4) is 0 Å². The third-order valence-corrected chi connectivity index (χ3v) is 4.83. The Labute approximate surface area is 143 Å². The number of alkyl halides is 3. The van der Waals surface area contributed by atoms with E-state index in [4.69, 9.17) is 0 Å². The van der Waals surface area contributed by atoms with Crippen LogP contribution in [0.15, 0.2) is 18.2 Å². The third kappa shape index (κ3) is 3.83. The fourth-order valence-corrected chi connectivity index (χ4v) is 3.46. The van der Waals surface area contributed by atoms with E-state index in [1.807, 2.05) is 0 Å². The summed E-state index contributed by atoms with van der Waals surface area (Å²) in [6, 6.07) is 1.99. The number of halogens is 5. The maximum Gasteiger partial charge on any atom is 0.416 e. The van der Waals surface area contributed by atoms with E-state index < -0.39 is 29.0 Å². The topological polar surface area (TPSA) is 32.3 Å². The maximum atomic E-state index is 13.9. The minimum atomic E-state index is -4.59. The molecule has 1 aromatic rings. The Balaban J connectivity index is 0.00000208. The van der Waals surface area contributed by atoms with Gasteiger partial charge in [0.15, 0.2) is 0 Å². The smallest absolute Gasteiger partial charge is 0.339 e. The van der Waals surface area contributed by atoms with Gasteiger partial charge in [0.1, 0.15) is 5.82 Å². The van der Waals surface area contributed by atoms with Crippen LogP contribution in [0.5, 0.6) is 0 Å². The van der Waals surface area contributed by atoms with E-state index >= 15 is 0 Å². The normalized spacial score (nSPS) is 24.1. The van der Waals surface area contributed by atoms with Gasteiger partial charge in [0.25, 0.3) is 5.91 Å². The molecule has 3 nitrogen and oxygen atoms in total. The van der Waals surface area contributed by atoms with Crippen LogP contribution in [0.1, 0.15) is 28.8 Å². The molecule has 0 spiro atoms. The molecule has 134 valence electrons. The molecule has 0 unspecified atom stereocenters. The largest absolute Gasteiger partial charge is 0.416 e. The Morgan fingerprint density at radius 3 is 2.25 bits per heavy atom. The number of fused-ring (bicyclic) bond motifs is 1. The van der Waals surface area contributed by atoms with Gasteiger partial charge in [-0.25, -0.2) is 4.39 Å². The van der Waals surface area contributed by atoms with Gasteiger partial charge >= 0.3 is 6.18 Å². The summed E-state index contributed by atoms with van der Waals surface area (Å²) in [7, 11) is 0. The molecule has 2 aliphatic rings. The van der Waals surface area contributed by atoms with Gasteiger partial charge in [-0.2, -0.15) is 13.2 Å². The summed E-state index contributed by atoms with van der Waals surface area (Å²) in [6.45, 7) is 2.73. The lowest BCUT2D eigenvalue weighted by Crippen LogP contribution is -2.33. The Morgan fingerprint density at radius 1 is 1.12 bits per heavy atom. The Morgan fingerprint density at radius 2 is 1.71 bits per heavy atom. The van der Waals surface area contributed by atoms with Gasteiger partial charge in [-0.1, -0.05) is 0 Å². The number of amides is 1. The van der Waals surface area contributed by atoms with Crippen molar-refractivity contribution < 1.29 is 22.4 Å². The van der Waals surface area contributed by atoms with Crippen LogP contribution in [-0.2, 0) is 6.18 Å². The predicted octanol–water partition coefficient (Wildman–Crippen LogP) is 3.34. The second-order valence-electron chi connectivity index (χ2n) is 6.24. The Bertz CT molecular complexity index is 594. The molecule has 2 heterocycles. The number of carbonyl (C=O) groups excluding carboxylic acids is 1. The summed E-state index contributed by atoms with van der Waals surface area (Å²) in [4.78, 5) is 14.0. The second kappa shape index (κ2) is 7.27. The number of nitrogens with one attached hydrogen (secondary N) is 1. The monoisotopic (exact) mass is 366 g/mol. The molecular formula is C16H19ClF4N2O. The summed E-state index contributed by atoms with van der Waals surface area (Å²) in [5.74, 6) is -0.589. The molecular weight excluding hydrogens is 348 g/mol. The molecule has 0 bridgehead atoms. The molecule has 24 heavy (non-hydrogen) atoms. The number of hydrogen-bond acceptors (Lipinski definition) is 2. The van der Waals surface area contributed by atoms with Crippen LogP contribution >= 0.6 is 12.4 Å². The number of rotatable bonds is 1. The number of benzene rings is 1. The van der Waals surface area contributed by atoms with E-state index in [2.05, 4.69) is 5.32 Å². The number of nitrogens with zero attached hydrogens (tertiary/aromatic N) is 1. The first-order valence-corrected chi connectivity index (χ1v) is 7.73. The summed E-state index contributed by atoms with van der Waals surface area (Å²) in [6.07, 6.45) is -3.00. The van der Waals surface area contributed by atoms with Crippen molar-refractivity contribution in [3.63, 3.8) is 0 Å². The van der Waals surface area contributed by atoms with Gasteiger partial charge < -0.3 is 10.2 Å². The lowest BCUT2D eigenvalue weighted by molar-refractivity contribution is -0.137. The molecule has 2 saturated heterocycles. The highest BCUT2D eigenvalue weighted by atomic mass is 35.5. The maximum absolute atomic E-state index is 13.9. The third-order valence-electron chi connectivity index (χ3n) is 4.83. The zero-order valence-corrected chi connectivity index (χ0v) is 13.7. The van der Waals surface area contributed by atoms with E-state index in [-0.39, 0.29) is 12.4 Å². The summed E-state index contributed by atoms with van der Waals surface area (Å²) in [5, 5.41) is 3.31. The molecule has 8 heteroatoms. The van der Waals surface area contributed by atoms with Crippen molar-refractivity contribution in [3.05, 3.63) is 35.1 Å². The summed E-state index contributed by atoms with van der Waals surface area (Å²) >= 11 is 0. The lowest BCUT2D eigenvalue weighted by Gasteiger charge is -2.21. The van der Waals surface area contributed by atoms with Crippen LogP contribution < -0.4 is 5.32 Å². The first-order valence-electron chi connectivity index (χ1n) is 7.73. The van der Waals surface area contributed by atoms with Crippen molar-refractivity contribution in [1.29, 1.82) is 0 Å². The fourth-order valence-electron chi connectivity index (χ4n) is 3.46. The van der Waals surface area contributed by atoms with Crippen molar-refractivity contribution >= 4 is 18.3 Å². The summed E-state index contributed by atoms with van der Waals surface area (Å²) in [5.41, 5.74) is -1.50. The molecule has 2 aliphatic heterocycles. The highest BCUT2D eigenvalue weighted by Gasteiger charge is 2.34. The minimum Gasteiger partial charge on any atom is -0.339 e. The molecule has 0 aliphatic carbocycles. The standard InChI is InChI=1S/C16H18F4N2O.ClH/c17-14-2-1-12(16(18,19)20)7-13(14)15(23)22-5-3-10-8-21-9-11(10)4-6-22;/h1-2,7,10-11,21H,3-6,8-9H2;1H/t10-,11+;. The van der Waals surface area contributed by atoms with E-state index in [9.17, 15) is 22.4 Å². The molecule has 1 amide bonds. The van der Waals surface area contributed by atoms with Crippen LogP contribution in [0.2, 0.25) is 0 Å². The van der Waals surface area contributed by atoms with E-state index in [0.29, 0.717) is 43.1 Å². The van der Waals surface area contributed by atoms with E-state index in [1.54, 1.807) is 0 Å². The molecule has 3 rings (SSSR count). The number of hydrogen-bond donors (Lipinski definition) is 1. The van der Waals surface area contributed by atoms with Crippen molar-refractivity contribution in [3.8, 4) is 0 Å². The fraction of sp³-hybridized carbons (Fsp3) is 0.562. The molecule has 0 aromatic heterocycles. The van der Waals surface area contributed by atoms with E-state index in [1.165, 1.54) is 4.90 Å². The number of carbonyl (C=O) groups is 1. The first kappa shape index (κ1) is 19.0. The van der Waals surface area contributed by atoms with Crippen molar-refractivity contribution in [2.75, 3.05) is 26.2 Å². The SMILES string of the molecule is Cl.O=C(c1cc(C(F)(F)F)ccc1F)N1CC[C@@H]2CNC[C@@H]2CC1. The predicted molar refractivity (Wildman–Crippen MR) is 83.6 cm³/mol. The Kier molecular flexibility index (Phi) is 5.75. The Hall–Kier alpha value is -1.34. The van der Waals surface area contributed by atoms with E-state index in [0.717, 1.165) is 25.9 Å². The minimum absolute atomic E-state index is 0. The highest BCUT2D eigenvalue weighted by molar-refractivity contribution is 5.94. The zero-order valence-electron chi connectivity index (χ0n) is 12.9. The van der Waals surface area contributed by atoms with Crippen molar-refractivity contribution in [2.45, 2.75) is 19.0 Å². The van der Waals surface area contributed by atoms with Crippen LogP contribution in [-0.4, -0.2) is 37.0 Å². The van der Waals surface area contributed by atoms with Gasteiger partial charge in [0.05, 0.1) is 11.1 Å². The molecule has 0 radical (unpaired) electrons. The van der Waals surface area contributed by atoms with Gasteiger partial charge in [-0.15, -0.1) is 12.4 Å². The molecule has 1 aromatic carbocycles. The van der Waals surface area contributed by atoms with Gasteiger partial charge in [0.2, 0.25) is 0 Å². The van der Waals surface area contributed by atoms with Crippen molar-refractivity contribution in [1.82, 2.24) is 10.2 Å². The average Bonchev–Trinajstić information content (AvgIpc) is 2.84.